The Morgan fingerprint density at radius 3 is 2.56 bits per heavy atom. The molecule has 0 saturated heterocycles. The number of aromatic nitrogens is 1. The molecule has 0 N–H and O–H groups in total. The standard InChI is InChI=1S/C6H6ClN.HI/c1-5-6(7)3-2-4-8-5;/h2-4H,1H3;1H. The highest BCUT2D eigenvalue weighted by Gasteiger charge is 1.88. The number of nitrogens with zero attached hydrogens (tertiary/aromatic N) is 1. The van der Waals surface area contributed by atoms with Crippen LogP contribution in [0.15, 0.2) is 18.3 Å². The first-order valence-corrected chi connectivity index (χ1v) is 2.75. The van der Waals surface area contributed by atoms with Crippen LogP contribution in [0.4, 0.5) is 0 Å². The van der Waals surface area contributed by atoms with Crippen LogP contribution in [0.5, 0.6) is 0 Å². The number of hydrogen-bond donors (Lipinski definition) is 0. The maximum atomic E-state index is 5.65. The molecule has 0 aromatic carbocycles. The second-order valence-corrected chi connectivity index (χ2v) is 1.98. The summed E-state index contributed by atoms with van der Waals surface area (Å²) in [5, 5.41) is 0.729. The summed E-state index contributed by atoms with van der Waals surface area (Å²) in [6.45, 7) is 1.88. The van der Waals surface area contributed by atoms with Crippen LogP contribution in [-0.4, -0.2) is 4.98 Å². The Balaban J connectivity index is 0.000000640. The van der Waals surface area contributed by atoms with E-state index in [4.69, 9.17) is 11.6 Å². The molecule has 0 fully saturated rings. The van der Waals surface area contributed by atoms with E-state index in [0.717, 1.165) is 10.7 Å². The third-order valence-electron chi connectivity index (χ3n) is 0.942. The van der Waals surface area contributed by atoms with Crippen molar-refractivity contribution in [3.63, 3.8) is 0 Å². The lowest BCUT2D eigenvalue weighted by molar-refractivity contribution is 1.20. The van der Waals surface area contributed by atoms with Gasteiger partial charge in [-0.25, -0.2) is 0 Å². The van der Waals surface area contributed by atoms with Crippen molar-refractivity contribution in [2.45, 2.75) is 6.92 Å². The summed E-state index contributed by atoms with van der Waals surface area (Å²) in [6, 6.07) is 3.64. The molecule has 0 saturated carbocycles. The third kappa shape index (κ3) is 2.49. The van der Waals surface area contributed by atoms with Crippen LogP contribution in [0.1, 0.15) is 5.69 Å². The molecule has 0 spiro atoms. The molecular formula is C6H7ClIN. The molecule has 0 aliphatic rings. The molecule has 0 unspecified atom stereocenters. The van der Waals surface area contributed by atoms with E-state index in [1.807, 2.05) is 19.1 Å². The molecule has 0 aliphatic carbocycles. The molecule has 0 amide bonds. The Bertz CT molecular complexity index is 169. The van der Waals surface area contributed by atoms with Crippen molar-refractivity contribution >= 4 is 35.6 Å². The van der Waals surface area contributed by atoms with Gasteiger partial charge in [0.25, 0.3) is 0 Å². The smallest absolute Gasteiger partial charge is 0.0618 e. The van der Waals surface area contributed by atoms with Crippen molar-refractivity contribution in [2.24, 2.45) is 0 Å². The van der Waals surface area contributed by atoms with E-state index in [0.29, 0.717) is 0 Å². The fraction of sp³-hybridized carbons (Fsp3) is 0.167. The van der Waals surface area contributed by atoms with E-state index >= 15 is 0 Å². The normalized spacial score (nSPS) is 8.22. The first kappa shape index (κ1) is 9.17. The van der Waals surface area contributed by atoms with Crippen molar-refractivity contribution in [3.05, 3.63) is 29.0 Å². The number of rotatable bonds is 0. The maximum Gasteiger partial charge on any atom is 0.0618 e. The van der Waals surface area contributed by atoms with E-state index in [1.165, 1.54) is 0 Å². The summed E-state index contributed by atoms with van der Waals surface area (Å²) in [5.41, 5.74) is 0.883. The molecule has 1 rings (SSSR count). The lowest BCUT2D eigenvalue weighted by Gasteiger charge is -1.90. The first-order valence-electron chi connectivity index (χ1n) is 2.38. The first-order chi connectivity index (χ1) is 3.80. The summed E-state index contributed by atoms with van der Waals surface area (Å²) in [4.78, 5) is 3.95. The number of pyridine rings is 1. The van der Waals surface area contributed by atoms with Crippen LogP contribution in [0.2, 0.25) is 5.02 Å². The van der Waals surface area contributed by atoms with Crippen LogP contribution >= 0.6 is 35.6 Å². The van der Waals surface area contributed by atoms with Gasteiger partial charge in [0.2, 0.25) is 0 Å². The van der Waals surface area contributed by atoms with Crippen LogP contribution < -0.4 is 0 Å². The molecule has 0 bridgehead atoms. The highest BCUT2D eigenvalue weighted by atomic mass is 127. The Morgan fingerprint density at radius 2 is 2.22 bits per heavy atom. The van der Waals surface area contributed by atoms with Crippen molar-refractivity contribution in [1.29, 1.82) is 0 Å². The summed E-state index contributed by atoms with van der Waals surface area (Å²) >= 11 is 5.65. The van der Waals surface area contributed by atoms with Crippen molar-refractivity contribution in [1.82, 2.24) is 4.98 Å². The fourth-order valence-electron chi connectivity index (χ4n) is 0.465. The zero-order chi connectivity index (χ0) is 5.98. The van der Waals surface area contributed by atoms with Gasteiger partial charge in [-0.2, -0.15) is 0 Å². The van der Waals surface area contributed by atoms with E-state index in [-0.39, 0.29) is 24.0 Å². The zero-order valence-electron chi connectivity index (χ0n) is 4.97. The van der Waals surface area contributed by atoms with E-state index in [9.17, 15) is 0 Å². The maximum absolute atomic E-state index is 5.65. The molecule has 1 nitrogen and oxygen atoms in total. The lowest BCUT2D eigenvalue weighted by Crippen LogP contribution is -1.77. The minimum atomic E-state index is 0. The number of hydrogen-bond acceptors (Lipinski definition) is 1. The van der Waals surface area contributed by atoms with Gasteiger partial charge in [0.1, 0.15) is 0 Å². The topological polar surface area (TPSA) is 12.9 Å². The Labute approximate surface area is 76.5 Å². The summed E-state index contributed by atoms with van der Waals surface area (Å²) in [5.74, 6) is 0. The third-order valence-corrected chi connectivity index (χ3v) is 1.34. The van der Waals surface area contributed by atoms with Gasteiger partial charge in [0.05, 0.1) is 10.7 Å². The van der Waals surface area contributed by atoms with Crippen LogP contribution in [0, 0.1) is 6.92 Å². The van der Waals surface area contributed by atoms with E-state index < -0.39 is 0 Å². The van der Waals surface area contributed by atoms with Gasteiger partial charge in [-0.3, -0.25) is 4.98 Å². The molecule has 1 aromatic heterocycles. The average Bonchev–Trinajstić information content (AvgIpc) is 1.77. The van der Waals surface area contributed by atoms with Gasteiger partial charge in [0, 0.05) is 6.20 Å². The van der Waals surface area contributed by atoms with Crippen molar-refractivity contribution < 1.29 is 0 Å². The molecule has 1 aromatic rings. The van der Waals surface area contributed by atoms with E-state index in [1.54, 1.807) is 6.20 Å². The van der Waals surface area contributed by atoms with Gasteiger partial charge in [-0.05, 0) is 19.1 Å². The van der Waals surface area contributed by atoms with Gasteiger partial charge < -0.3 is 0 Å². The predicted molar refractivity (Wildman–Crippen MR) is 49.4 cm³/mol. The lowest BCUT2D eigenvalue weighted by atomic mass is 10.4. The quantitative estimate of drug-likeness (QED) is 0.650. The second kappa shape index (κ2) is 4.06. The largest absolute Gasteiger partial charge is 0.260 e. The summed E-state index contributed by atoms with van der Waals surface area (Å²) < 4.78 is 0. The SMILES string of the molecule is Cc1ncccc1Cl.I. The van der Waals surface area contributed by atoms with Crippen LogP contribution in [0.25, 0.3) is 0 Å². The molecular weight excluding hydrogens is 248 g/mol. The fourth-order valence-corrected chi connectivity index (χ4v) is 0.586. The van der Waals surface area contributed by atoms with Crippen molar-refractivity contribution in [3.8, 4) is 0 Å². The second-order valence-electron chi connectivity index (χ2n) is 1.57. The van der Waals surface area contributed by atoms with Gasteiger partial charge in [-0.1, -0.05) is 11.6 Å². The molecule has 50 valence electrons. The molecule has 3 heteroatoms. The number of aryl methyl sites for hydroxylation is 1. The highest BCUT2D eigenvalue weighted by Crippen LogP contribution is 2.08. The zero-order valence-corrected chi connectivity index (χ0v) is 8.05. The minimum Gasteiger partial charge on any atom is -0.260 e. The predicted octanol–water partition coefficient (Wildman–Crippen LogP) is 2.66. The molecule has 0 aliphatic heterocycles. The van der Waals surface area contributed by atoms with Gasteiger partial charge in [-0.15, -0.1) is 24.0 Å². The molecule has 1 heterocycles. The Morgan fingerprint density at radius 1 is 1.56 bits per heavy atom. The minimum absolute atomic E-state index is 0. The van der Waals surface area contributed by atoms with Gasteiger partial charge in [0.15, 0.2) is 0 Å². The highest BCUT2D eigenvalue weighted by molar-refractivity contribution is 14.0. The molecule has 0 atom stereocenters. The number of halogens is 2. The van der Waals surface area contributed by atoms with Crippen molar-refractivity contribution in [2.75, 3.05) is 0 Å². The van der Waals surface area contributed by atoms with Gasteiger partial charge >= 0.3 is 0 Å². The van der Waals surface area contributed by atoms with Crippen LogP contribution in [-0.2, 0) is 0 Å². The molecule has 0 radical (unpaired) electrons. The monoisotopic (exact) mass is 255 g/mol. The van der Waals surface area contributed by atoms with Crippen LogP contribution in [0.3, 0.4) is 0 Å². The summed E-state index contributed by atoms with van der Waals surface area (Å²) in [6.07, 6.45) is 1.72. The van der Waals surface area contributed by atoms with E-state index in [2.05, 4.69) is 4.98 Å². The Hall–Kier alpha value is 0.170. The average molecular weight is 255 g/mol. The molecule has 9 heavy (non-hydrogen) atoms. The Kier molecular flexibility index (Phi) is 4.14. The summed E-state index contributed by atoms with van der Waals surface area (Å²) in [7, 11) is 0.